The Morgan fingerprint density at radius 1 is 1.31 bits per heavy atom. The van der Waals surface area contributed by atoms with Gasteiger partial charge in [0.2, 0.25) is 0 Å². The topological polar surface area (TPSA) is 63.7 Å². The van der Waals surface area contributed by atoms with E-state index in [1.54, 1.807) is 25.6 Å². The lowest BCUT2D eigenvalue weighted by molar-refractivity contribution is 0.0162. The fraction of sp³-hybridized carbons (Fsp3) is 0.368. The van der Waals surface area contributed by atoms with Crippen LogP contribution in [0.15, 0.2) is 47.2 Å². The van der Waals surface area contributed by atoms with Crippen LogP contribution in [-0.4, -0.2) is 55.7 Å². The SMILES string of the molecule is COc1ccc(C(CNC(=O)c2cncc(Br)c2)N2CCOCC2)cc1. The molecular formula is C19H22BrN3O3. The monoisotopic (exact) mass is 419 g/mol. The molecule has 1 unspecified atom stereocenters. The van der Waals surface area contributed by atoms with Gasteiger partial charge in [0.1, 0.15) is 5.75 Å². The summed E-state index contributed by atoms with van der Waals surface area (Å²) in [5, 5.41) is 3.04. The lowest BCUT2D eigenvalue weighted by Crippen LogP contribution is -2.43. The molecule has 1 aromatic heterocycles. The third-order valence-electron chi connectivity index (χ3n) is 4.41. The van der Waals surface area contributed by atoms with Gasteiger partial charge >= 0.3 is 0 Å². The number of hydrogen-bond acceptors (Lipinski definition) is 5. The average Bonchev–Trinajstić information content (AvgIpc) is 2.69. The standard InChI is InChI=1S/C19H22BrN3O3/c1-25-17-4-2-14(3-5-17)18(23-6-8-26-9-7-23)13-22-19(24)15-10-16(20)12-21-11-15/h2-5,10-12,18H,6-9,13H2,1H3,(H,22,24). The van der Waals surface area contributed by atoms with Crippen LogP contribution in [0.1, 0.15) is 22.0 Å². The molecule has 26 heavy (non-hydrogen) atoms. The number of hydrogen-bond donors (Lipinski definition) is 1. The molecule has 6 nitrogen and oxygen atoms in total. The van der Waals surface area contributed by atoms with Gasteiger partial charge in [-0.15, -0.1) is 0 Å². The summed E-state index contributed by atoms with van der Waals surface area (Å²) in [6.45, 7) is 3.60. The molecule has 138 valence electrons. The normalized spacial score (nSPS) is 16.1. The van der Waals surface area contributed by atoms with E-state index in [1.165, 1.54) is 0 Å². The smallest absolute Gasteiger partial charge is 0.252 e. The van der Waals surface area contributed by atoms with E-state index in [0.29, 0.717) is 25.3 Å². The molecule has 0 bridgehead atoms. The maximum absolute atomic E-state index is 12.5. The lowest BCUT2D eigenvalue weighted by Gasteiger charge is -2.35. The second-order valence-electron chi connectivity index (χ2n) is 6.04. The molecule has 1 N–H and O–H groups in total. The Bertz CT molecular complexity index is 733. The second-order valence-corrected chi connectivity index (χ2v) is 6.95. The molecule has 0 saturated carbocycles. The van der Waals surface area contributed by atoms with Gasteiger partial charge in [0.25, 0.3) is 5.91 Å². The molecule has 1 aromatic carbocycles. The number of rotatable bonds is 6. The van der Waals surface area contributed by atoms with Gasteiger partial charge in [0, 0.05) is 36.5 Å². The van der Waals surface area contributed by atoms with E-state index >= 15 is 0 Å². The molecule has 0 radical (unpaired) electrons. The van der Waals surface area contributed by atoms with Crippen molar-refractivity contribution < 1.29 is 14.3 Å². The Balaban J connectivity index is 1.73. The van der Waals surface area contributed by atoms with Crippen LogP contribution in [0.25, 0.3) is 0 Å². The van der Waals surface area contributed by atoms with Gasteiger partial charge in [-0.05, 0) is 39.7 Å². The number of aromatic nitrogens is 1. The summed E-state index contributed by atoms with van der Waals surface area (Å²) in [6, 6.07) is 9.83. The third-order valence-corrected chi connectivity index (χ3v) is 4.84. The van der Waals surface area contributed by atoms with Crippen LogP contribution in [0, 0.1) is 0 Å². The molecule has 0 spiro atoms. The predicted octanol–water partition coefficient (Wildman–Crippen LogP) is 2.66. The summed E-state index contributed by atoms with van der Waals surface area (Å²) in [5.41, 5.74) is 1.68. The summed E-state index contributed by atoms with van der Waals surface area (Å²) in [5.74, 6) is 0.685. The van der Waals surface area contributed by atoms with E-state index < -0.39 is 0 Å². The summed E-state index contributed by atoms with van der Waals surface area (Å²) in [6.07, 6.45) is 3.22. The van der Waals surface area contributed by atoms with Gasteiger partial charge in [-0.2, -0.15) is 0 Å². The fourth-order valence-electron chi connectivity index (χ4n) is 3.00. The van der Waals surface area contributed by atoms with Gasteiger partial charge in [-0.3, -0.25) is 14.7 Å². The summed E-state index contributed by atoms with van der Waals surface area (Å²) in [7, 11) is 1.65. The van der Waals surface area contributed by atoms with Crippen LogP contribution in [0.3, 0.4) is 0 Å². The summed E-state index contributed by atoms with van der Waals surface area (Å²) >= 11 is 3.35. The number of carbonyl (C=O) groups excluding carboxylic acids is 1. The number of ether oxygens (including phenoxy) is 2. The molecule has 2 heterocycles. The van der Waals surface area contributed by atoms with Crippen molar-refractivity contribution in [3.63, 3.8) is 0 Å². The van der Waals surface area contributed by atoms with Crippen molar-refractivity contribution in [1.82, 2.24) is 15.2 Å². The Labute approximate surface area is 161 Å². The minimum atomic E-state index is -0.134. The Kier molecular flexibility index (Phi) is 6.60. The van der Waals surface area contributed by atoms with Crippen LogP contribution in [-0.2, 0) is 4.74 Å². The second kappa shape index (κ2) is 9.12. The highest BCUT2D eigenvalue weighted by molar-refractivity contribution is 9.10. The first-order valence-corrected chi connectivity index (χ1v) is 9.31. The highest BCUT2D eigenvalue weighted by Crippen LogP contribution is 2.24. The van der Waals surface area contributed by atoms with Crippen LogP contribution in [0.5, 0.6) is 5.75 Å². The predicted molar refractivity (Wildman–Crippen MR) is 102 cm³/mol. The largest absolute Gasteiger partial charge is 0.497 e. The van der Waals surface area contributed by atoms with E-state index in [-0.39, 0.29) is 11.9 Å². The zero-order chi connectivity index (χ0) is 18.4. The van der Waals surface area contributed by atoms with E-state index in [2.05, 4.69) is 31.1 Å². The molecule has 1 aliphatic heterocycles. The van der Waals surface area contributed by atoms with E-state index in [9.17, 15) is 4.79 Å². The average molecular weight is 420 g/mol. The number of halogens is 1. The maximum Gasteiger partial charge on any atom is 0.252 e. The molecule has 3 rings (SSSR count). The minimum absolute atomic E-state index is 0.0777. The molecule has 1 saturated heterocycles. The zero-order valence-corrected chi connectivity index (χ0v) is 16.2. The van der Waals surface area contributed by atoms with Crippen molar-refractivity contribution in [2.24, 2.45) is 0 Å². The van der Waals surface area contributed by atoms with Gasteiger partial charge in [0.05, 0.1) is 31.9 Å². The van der Waals surface area contributed by atoms with E-state index in [4.69, 9.17) is 9.47 Å². The Morgan fingerprint density at radius 3 is 2.69 bits per heavy atom. The van der Waals surface area contributed by atoms with Crippen molar-refractivity contribution in [2.45, 2.75) is 6.04 Å². The fourth-order valence-corrected chi connectivity index (χ4v) is 3.37. The number of methoxy groups -OCH3 is 1. The highest BCUT2D eigenvalue weighted by Gasteiger charge is 2.23. The van der Waals surface area contributed by atoms with E-state index in [1.807, 2.05) is 24.3 Å². The molecule has 0 aliphatic carbocycles. The molecule has 7 heteroatoms. The van der Waals surface area contributed by atoms with Gasteiger partial charge in [0.15, 0.2) is 0 Å². The minimum Gasteiger partial charge on any atom is -0.497 e. The first kappa shape index (κ1) is 18.8. The molecular weight excluding hydrogens is 398 g/mol. The number of amides is 1. The summed E-state index contributed by atoms with van der Waals surface area (Å²) < 4.78 is 11.5. The van der Waals surface area contributed by atoms with Crippen LogP contribution >= 0.6 is 15.9 Å². The molecule has 1 atom stereocenters. The zero-order valence-electron chi connectivity index (χ0n) is 14.7. The number of carbonyl (C=O) groups is 1. The van der Waals surface area contributed by atoms with E-state index in [0.717, 1.165) is 28.9 Å². The van der Waals surface area contributed by atoms with Crippen molar-refractivity contribution in [1.29, 1.82) is 0 Å². The van der Waals surface area contributed by atoms with Crippen molar-refractivity contribution >= 4 is 21.8 Å². The van der Waals surface area contributed by atoms with Gasteiger partial charge < -0.3 is 14.8 Å². The number of pyridine rings is 1. The molecule has 1 amide bonds. The van der Waals surface area contributed by atoms with Crippen LogP contribution < -0.4 is 10.1 Å². The maximum atomic E-state index is 12.5. The summed E-state index contributed by atoms with van der Waals surface area (Å²) in [4.78, 5) is 18.9. The van der Waals surface area contributed by atoms with Crippen LogP contribution in [0.4, 0.5) is 0 Å². The number of morpholine rings is 1. The molecule has 2 aromatic rings. The number of nitrogens with one attached hydrogen (secondary N) is 1. The number of nitrogens with zero attached hydrogens (tertiary/aromatic N) is 2. The lowest BCUT2D eigenvalue weighted by atomic mass is 10.0. The third kappa shape index (κ3) is 4.81. The van der Waals surface area contributed by atoms with Crippen molar-refractivity contribution in [3.8, 4) is 5.75 Å². The van der Waals surface area contributed by atoms with Gasteiger partial charge in [-0.1, -0.05) is 12.1 Å². The van der Waals surface area contributed by atoms with Crippen molar-refractivity contribution in [3.05, 3.63) is 58.3 Å². The quantitative estimate of drug-likeness (QED) is 0.779. The first-order chi connectivity index (χ1) is 12.7. The number of benzene rings is 1. The Hall–Kier alpha value is -1.96. The van der Waals surface area contributed by atoms with Gasteiger partial charge in [-0.25, -0.2) is 0 Å². The Morgan fingerprint density at radius 2 is 2.04 bits per heavy atom. The van der Waals surface area contributed by atoms with Crippen LogP contribution in [0.2, 0.25) is 0 Å². The first-order valence-electron chi connectivity index (χ1n) is 8.52. The molecule has 1 aliphatic rings. The molecule has 1 fully saturated rings. The van der Waals surface area contributed by atoms with Crippen molar-refractivity contribution in [2.75, 3.05) is 40.0 Å². The highest BCUT2D eigenvalue weighted by atomic mass is 79.9.